The summed E-state index contributed by atoms with van der Waals surface area (Å²) in [6.07, 6.45) is 3.65. The highest BCUT2D eigenvalue weighted by molar-refractivity contribution is 6.35. The van der Waals surface area contributed by atoms with Crippen molar-refractivity contribution in [2.75, 3.05) is 31.2 Å². The van der Waals surface area contributed by atoms with E-state index in [1.165, 1.54) is 11.9 Å². The molecule has 2 aromatic heterocycles. The van der Waals surface area contributed by atoms with Crippen molar-refractivity contribution in [3.63, 3.8) is 0 Å². The Morgan fingerprint density at radius 3 is 2.65 bits per heavy atom. The second-order valence-electron chi connectivity index (χ2n) is 5.59. The van der Waals surface area contributed by atoms with Crippen molar-refractivity contribution in [2.24, 2.45) is 0 Å². The van der Waals surface area contributed by atoms with E-state index >= 15 is 0 Å². The van der Waals surface area contributed by atoms with Gasteiger partial charge in [-0.2, -0.15) is 0 Å². The van der Waals surface area contributed by atoms with Gasteiger partial charge in [-0.15, -0.1) is 0 Å². The summed E-state index contributed by atoms with van der Waals surface area (Å²) >= 11 is 6.38. The lowest BCUT2D eigenvalue weighted by Gasteiger charge is -2.28. The molecule has 3 aromatic rings. The summed E-state index contributed by atoms with van der Waals surface area (Å²) in [5.74, 6) is 0. The molecule has 0 unspecified atom stereocenters. The number of halogens is 1. The van der Waals surface area contributed by atoms with E-state index in [0.717, 1.165) is 49.6 Å². The van der Waals surface area contributed by atoms with Crippen LogP contribution in [0.1, 0.15) is 5.56 Å². The Morgan fingerprint density at radius 1 is 1.09 bits per heavy atom. The van der Waals surface area contributed by atoms with E-state index in [9.17, 15) is 0 Å². The van der Waals surface area contributed by atoms with Gasteiger partial charge in [0.05, 0.1) is 24.3 Å². The van der Waals surface area contributed by atoms with Gasteiger partial charge in [0.1, 0.15) is 17.1 Å². The smallest absolute Gasteiger partial charge is 0.147 e. The van der Waals surface area contributed by atoms with E-state index in [1.54, 1.807) is 0 Å². The second kappa shape index (κ2) is 6.18. The molecule has 0 spiro atoms. The summed E-state index contributed by atoms with van der Waals surface area (Å²) < 4.78 is 7.60. The quantitative estimate of drug-likeness (QED) is 0.693. The largest absolute Gasteiger partial charge is 0.378 e. The molecule has 1 saturated heterocycles. The summed E-state index contributed by atoms with van der Waals surface area (Å²) in [7, 11) is 0. The maximum absolute atomic E-state index is 6.38. The molecule has 3 heterocycles. The second-order valence-corrected chi connectivity index (χ2v) is 5.95. The van der Waals surface area contributed by atoms with Gasteiger partial charge < -0.3 is 14.2 Å². The average molecular weight is 329 g/mol. The van der Waals surface area contributed by atoms with Gasteiger partial charge in [0.2, 0.25) is 0 Å². The van der Waals surface area contributed by atoms with Crippen molar-refractivity contribution < 1.29 is 4.74 Å². The Balaban J connectivity index is 1.80. The predicted molar refractivity (Wildman–Crippen MR) is 91.1 cm³/mol. The molecule has 6 heteroatoms. The van der Waals surface area contributed by atoms with Gasteiger partial charge in [-0.25, -0.2) is 9.97 Å². The van der Waals surface area contributed by atoms with Crippen molar-refractivity contribution in [2.45, 2.75) is 6.54 Å². The molecule has 0 bridgehead atoms. The van der Waals surface area contributed by atoms with Crippen LogP contribution < -0.4 is 4.90 Å². The Morgan fingerprint density at radius 2 is 1.87 bits per heavy atom. The number of nitrogens with zero attached hydrogens (tertiary/aromatic N) is 4. The molecular weight excluding hydrogens is 312 g/mol. The van der Waals surface area contributed by atoms with Crippen LogP contribution in [0.4, 0.5) is 5.69 Å². The first kappa shape index (κ1) is 14.5. The number of morpholine rings is 1. The number of anilines is 1. The third-order valence-corrected chi connectivity index (χ3v) is 4.42. The predicted octanol–water partition coefficient (Wildman–Crippen LogP) is 2.97. The summed E-state index contributed by atoms with van der Waals surface area (Å²) in [6.45, 7) is 3.94. The standard InChI is InChI=1S/C17H17ClN4O/c18-16-15-14(21-6-8-23-9-7-21)11-22(17(15)20-12-19-16)10-13-4-2-1-3-5-13/h1-5,11-12H,6-10H2. The third kappa shape index (κ3) is 2.78. The summed E-state index contributed by atoms with van der Waals surface area (Å²) in [5, 5.41) is 1.43. The summed E-state index contributed by atoms with van der Waals surface area (Å²) in [4.78, 5) is 10.9. The first-order chi connectivity index (χ1) is 11.3. The molecule has 0 amide bonds. The van der Waals surface area contributed by atoms with Crippen LogP contribution in [0.5, 0.6) is 0 Å². The van der Waals surface area contributed by atoms with Gasteiger partial charge in [0, 0.05) is 25.8 Å². The van der Waals surface area contributed by atoms with Crippen molar-refractivity contribution in [3.8, 4) is 0 Å². The van der Waals surface area contributed by atoms with Crippen LogP contribution in [-0.2, 0) is 11.3 Å². The molecular formula is C17H17ClN4O. The fourth-order valence-corrected chi connectivity index (χ4v) is 3.24. The molecule has 1 aliphatic rings. The van der Waals surface area contributed by atoms with Crippen molar-refractivity contribution in [1.82, 2.24) is 14.5 Å². The SMILES string of the molecule is Clc1ncnc2c1c(N1CCOCC1)cn2Cc1ccccc1. The van der Waals surface area contributed by atoms with Gasteiger partial charge in [0.25, 0.3) is 0 Å². The van der Waals surface area contributed by atoms with Gasteiger partial charge in [-0.05, 0) is 5.56 Å². The molecule has 4 rings (SSSR count). The zero-order valence-corrected chi connectivity index (χ0v) is 13.4. The first-order valence-corrected chi connectivity index (χ1v) is 8.06. The molecule has 0 aliphatic carbocycles. The molecule has 118 valence electrons. The Kier molecular flexibility index (Phi) is 3.89. The topological polar surface area (TPSA) is 43.2 Å². The normalized spacial score (nSPS) is 15.3. The fourth-order valence-electron chi connectivity index (χ4n) is 3.01. The monoisotopic (exact) mass is 328 g/mol. The fraction of sp³-hybridized carbons (Fsp3) is 0.294. The Hall–Kier alpha value is -2.11. The van der Waals surface area contributed by atoms with Gasteiger partial charge in [-0.3, -0.25) is 0 Å². The number of fused-ring (bicyclic) bond motifs is 1. The van der Waals surface area contributed by atoms with E-state index in [4.69, 9.17) is 16.3 Å². The highest BCUT2D eigenvalue weighted by atomic mass is 35.5. The number of benzene rings is 1. The third-order valence-electron chi connectivity index (χ3n) is 4.13. The minimum Gasteiger partial charge on any atom is -0.378 e. The van der Waals surface area contributed by atoms with E-state index in [2.05, 4.69) is 37.8 Å². The minimum absolute atomic E-state index is 0.503. The number of ether oxygens (including phenoxy) is 1. The lowest BCUT2D eigenvalue weighted by Crippen LogP contribution is -2.36. The zero-order chi connectivity index (χ0) is 15.6. The average Bonchev–Trinajstić information content (AvgIpc) is 2.97. The zero-order valence-electron chi connectivity index (χ0n) is 12.7. The van der Waals surface area contributed by atoms with Crippen molar-refractivity contribution >= 4 is 28.3 Å². The molecule has 0 atom stereocenters. The molecule has 1 aliphatic heterocycles. The Labute approximate surface area is 139 Å². The number of hydrogen-bond acceptors (Lipinski definition) is 4. The van der Waals surface area contributed by atoms with E-state index < -0.39 is 0 Å². The molecule has 0 radical (unpaired) electrons. The van der Waals surface area contributed by atoms with Crippen LogP contribution in [0, 0.1) is 0 Å². The molecule has 23 heavy (non-hydrogen) atoms. The maximum Gasteiger partial charge on any atom is 0.147 e. The van der Waals surface area contributed by atoms with Crippen LogP contribution in [0.2, 0.25) is 5.15 Å². The highest BCUT2D eigenvalue weighted by Gasteiger charge is 2.20. The van der Waals surface area contributed by atoms with Gasteiger partial charge in [0.15, 0.2) is 0 Å². The van der Waals surface area contributed by atoms with Crippen LogP contribution in [0.15, 0.2) is 42.9 Å². The van der Waals surface area contributed by atoms with E-state index in [1.807, 2.05) is 18.2 Å². The lowest BCUT2D eigenvalue weighted by molar-refractivity contribution is 0.123. The summed E-state index contributed by atoms with van der Waals surface area (Å²) in [6, 6.07) is 10.3. The molecule has 0 N–H and O–H groups in total. The number of aromatic nitrogens is 3. The maximum atomic E-state index is 6.38. The van der Waals surface area contributed by atoms with E-state index in [-0.39, 0.29) is 0 Å². The first-order valence-electron chi connectivity index (χ1n) is 7.69. The number of hydrogen-bond donors (Lipinski definition) is 0. The molecule has 1 aromatic carbocycles. The number of rotatable bonds is 3. The van der Waals surface area contributed by atoms with Crippen molar-refractivity contribution in [3.05, 3.63) is 53.6 Å². The van der Waals surface area contributed by atoms with Crippen LogP contribution in [0.25, 0.3) is 11.0 Å². The van der Waals surface area contributed by atoms with Gasteiger partial charge in [-0.1, -0.05) is 41.9 Å². The van der Waals surface area contributed by atoms with Crippen LogP contribution in [0.3, 0.4) is 0 Å². The lowest BCUT2D eigenvalue weighted by atomic mass is 10.2. The highest BCUT2D eigenvalue weighted by Crippen LogP contribution is 2.33. The van der Waals surface area contributed by atoms with Gasteiger partial charge >= 0.3 is 0 Å². The Bertz CT molecular complexity index is 812. The summed E-state index contributed by atoms with van der Waals surface area (Å²) in [5.41, 5.74) is 3.19. The van der Waals surface area contributed by atoms with Crippen LogP contribution >= 0.6 is 11.6 Å². The van der Waals surface area contributed by atoms with Crippen LogP contribution in [-0.4, -0.2) is 40.8 Å². The minimum atomic E-state index is 0.503. The molecule has 0 saturated carbocycles. The van der Waals surface area contributed by atoms with Crippen molar-refractivity contribution in [1.29, 1.82) is 0 Å². The molecule has 5 nitrogen and oxygen atoms in total. The molecule has 1 fully saturated rings. The van der Waals surface area contributed by atoms with E-state index in [0.29, 0.717) is 5.15 Å².